The number of carbonyl (C=O) groups excluding carboxylic acids is 1. The van der Waals surface area contributed by atoms with Gasteiger partial charge in [0, 0.05) is 5.75 Å². The summed E-state index contributed by atoms with van der Waals surface area (Å²) in [5, 5.41) is 11.2. The highest BCUT2D eigenvalue weighted by molar-refractivity contribution is 8.01. The number of thioether (sulfide) groups is 1. The summed E-state index contributed by atoms with van der Waals surface area (Å²) in [6, 6.07) is 7.72. The molecule has 2 aromatic rings. The lowest BCUT2D eigenvalue weighted by atomic mass is 10.1. The third-order valence-electron chi connectivity index (χ3n) is 2.99. The van der Waals surface area contributed by atoms with E-state index in [1.165, 1.54) is 23.1 Å². The fraction of sp³-hybridized carbons (Fsp3) is 0.312. The van der Waals surface area contributed by atoms with E-state index < -0.39 is 6.10 Å². The molecule has 0 aliphatic carbocycles. The molecule has 0 fully saturated rings. The third kappa shape index (κ3) is 5.07. The van der Waals surface area contributed by atoms with Crippen molar-refractivity contribution < 1.29 is 9.53 Å². The molecule has 0 saturated carbocycles. The molecule has 0 radical (unpaired) electrons. The number of amides is 1. The van der Waals surface area contributed by atoms with Gasteiger partial charge in [-0.1, -0.05) is 54.3 Å². The molecule has 0 unspecified atom stereocenters. The summed E-state index contributed by atoms with van der Waals surface area (Å²) in [7, 11) is 0. The molecule has 23 heavy (non-hydrogen) atoms. The highest BCUT2D eigenvalue weighted by atomic mass is 32.2. The molecule has 0 bridgehead atoms. The Morgan fingerprint density at radius 3 is 3.00 bits per heavy atom. The van der Waals surface area contributed by atoms with Crippen LogP contribution in [0.25, 0.3) is 0 Å². The average molecular weight is 349 g/mol. The second kappa shape index (κ2) is 8.69. The van der Waals surface area contributed by atoms with Crippen molar-refractivity contribution in [3.8, 4) is 5.75 Å². The number of nitrogens with zero attached hydrogens (tertiary/aromatic N) is 2. The Hall–Kier alpha value is -1.86. The number of para-hydroxylation sites is 1. The van der Waals surface area contributed by atoms with E-state index in [-0.39, 0.29) is 5.91 Å². The van der Waals surface area contributed by atoms with Gasteiger partial charge in [-0.2, -0.15) is 0 Å². The van der Waals surface area contributed by atoms with Gasteiger partial charge in [0.05, 0.1) is 0 Å². The highest BCUT2D eigenvalue weighted by Gasteiger charge is 2.18. The van der Waals surface area contributed by atoms with Crippen LogP contribution in [0.2, 0.25) is 0 Å². The Morgan fingerprint density at radius 1 is 1.48 bits per heavy atom. The van der Waals surface area contributed by atoms with Crippen molar-refractivity contribution in [1.29, 1.82) is 0 Å². The number of hydrogen-bond donors (Lipinski definition) is 1. The number of carbonyl (C=O) groups is 1. The summed E-state index contributed by atoms with van der Waals surface area (Å²) >= 11 is 2.87. The molecular weight excluding hydrogens is 330 g/mol. The number of anilines is 1. The predicted octanol–water partition coefficient (Wildman–Crippen LogP) is 3.78. The molecule has 5 nitrogen and oxygen atoms in total. The first kappa shape index (κ1) is 17.5. The molecule has 0 aliphatic heterocycles. The van der Waals surface area contributed by atoms with Crippen LogP contribution in [-0.2, 0) is 11.2 Å². The van der Waals surface area contributed by atoms with Crippen molar-refractivity contribution in [3.05, 3.63) is 42.5 Å². The van der Waals surface area contributed by atoms with Crippen LogP contribution >= 0.6 is 23.1 Å². The van der Waals surface area contributed by atoms with Gasteiger partial charge in [-0.25, -0.2) is 0 Å². The normalized spacial score (nSPS) is 11.7. The fourth-order valence-corrected chi connectivity index (χ4v) is 3.33. The first-order chi connectivity index (χ1) is 11.1. The van der Waals surface area contributed by atoms with Crippen molar-refractivity contribution in [1.82, 2.24) is 10.2 Å². The van der Waals surface area contributed by atoms with E-state index in [9.17, 15) is 4.79 Å². The predicted molar refractivity (Wildman–Crippen MR) is 95.4 cm³/mol. The minimum Gasteiger partial charge on any atom is -0.481 e. The maximum atomic E-state index is 12.2. The average Bonchev–Trinajstić information content (AvgIpc) is 3.00. The van der Waals surface area contributed by atoms with Gasteiger partial charge in [-0.3, -0.25) is 10.1 Å². The molecule has 7 heteroatoms. The van der Waals surface area contributed by atoms with Gasteiger partial charge in [0.2, 0.25) is 5.13 Å². The Balaban J connectivity index is 1.94. The maximum Gasteiger partial charge on any atom is 0.266 e. The zero-order valence-corrected chi connectivity index (χ0v) is 14.7. The van der Waals surface area contributed by atoms with Gasteiger partial charge in [0.25, 0.3) is 5.91 Å². The molecule has 1 heterocycles. The first-order valence-electron chi connectivity index (χ1n) is 7.26. The summed E-state index contributed by atoms with van der Waals surface area (Å²) < 4.78 is 6.56. The topological polar surface area (TPSA) is 64.1 Å². The van der Waals surface area contributed by atoms with E-state index >= 15 is 0 Å². The number of benzene rings is 1. The summed E-state index contributed by atoms with van der Waals surface area (Å²) in [5.41, 5.74) is 1.08. The van der Waals surface area contributed by atoms with Crippen LogP contribution in [0.3, 0.4) is 0 Å². The van der Waals surface area contributed by atoms with E-state index in [2.05, 4.69) is 29.0 Å². The molecular formula is C16H19N3O2S2. The Bertz CT molecular complexity index is 673. The van der Waals surface area contributed by atoms with Crippen LogP contribution in [0.15, 0.2) is 41.3 Å². The number of hydrogen-bond acceptors (Lipinski definition) is 6. The van der Waals surface area contributed by atoms with Gasteiger partial charge in [0.1, 0.15) is 5.75 Å². The quantitative estimate of drug-likeness (QED) is 0.446. The lowest BCUT2D eigenvalue weighted by Gasteiger charge is -2.15. The summed E-state index contributed by atoms with van der Waals surface area (Å²) in [6.07, 6.45) is 2.03. The standard InChI is InChI=1S/C16H19N3O2S2/c1-4-10-22-16-19-18-15(23-16)17-14(20)11(3)21-13-9-7-6-8-12(13)5-2/h4,6-9,11H,1,5,10H2,2-3H3,(H,17,18,20)/t11-/m1/s1. The highest BCUT2D eigenvalue weighted by Crippen LogP contribution is 2.26. The summed E-state index contributed by atoms with van der Waals surface area (Å²) in [4.78, 5) is 12.2. The van der Waals surface area contributed by atoms with Crippen molar-refractivity contribution in [2.45, 2.75) is 30.7 Å². The fourth-order valence-electron chi connectivity index (χ4n) is 1.81. The van der Waals surface area contributed by atoms with E-state index in [0.29, 0.717) is 5.13 Å². The lowest BCUT2D eigenvalue weighted by molar-refractivity contribution is -0.122. The molecule has 2 rings (SSSR count). The van der Waals surface area contributed by atoms with Gasteiger partial charge in [0.15, 0.2) is 10.4 Å². The smallest absolute Gasteiger partial charge is 0.266 e. The third-order valence-corrected chi connectivity index (χ3v) is 4.96. The van der Waals surface area contributed by atoms with E-state index in [4.69, 9.17) is 4.74 Å². The summed E-state index contributed by atoms with van der Waals surface area (Å²) in [5.74, 6) is 1.25. The van der Waals surface area contributed by atoms with Crippen LogP contribution in [0.1, 0.15) is 19.4 Å². The second-order valence-electron chi connectivity index (χ2n) is 4.68. The second-order valence-corrected chi connectivity index (χ2v) is 6.93. The molecule has 1 atom stereocenters. The van der Waals surface area contributed by atoms with Gasteiger partial charge < -0.3 is 4.74 Å². The van der Waals surface area contributed by atoms with E-state index in [0.717, 1.165) is 27.8 Å². The number of aryl methyl sites for hydroxylation is 1. The number of nitrogens with one attached hydrogen (secondary N) is 1. The Morgan fingerprint density at radius 2 is 2.26 bits per heavy atom. The van der Waals surface area contributed by atoms with Crippen molar-refractivity contribution in [3.63, 3.8) is 0 Å². The largest absolute Gasteiger partial charge is 0.481 e. The Kier molecular flexibility index (Phi) is 6.61. The van der Waals surface area contributed by atoms with Crippen LogP contribution in [0, 0.1) is 0 Å². The number of aromatic nitrogens is 2. The SMILES string of the molecule is C=CCSc1nnc(NC(=O)[C@@H](C)Oc2ccccc2CC)s1. The van der Waals surface area contributed by atoms with Crippen LogP contribution in [0.4, 0.5) is 5.13 Å². The first-order valence-corrected chi connectivity index (χ1v) is 9.06. The molecule has 0 aliphatic rings. The van der Waals surface area contributed by atoms with Crippen molar-refractivity contribution >= 4 is 34.1 Å². The molecule has 1 aromatic heterocycles. The molecule has 1 amide bonds. The zero-order chi connectivity index (χ0) is 16.7. The monoisotopic (exact) mass is 349 g/mol. The maximum absolute atomic E-state index is 12.2. The minimum atomic E-state index is -0.615. The van der Waals surface area contributed by atoms with Gasteiger partial charge in [-0.05, 0) is 25.0 Å². The van der Waals surface area contributed by atoms with Crippen LogP contribution in [-0.4, -0.2) is 28.0 Å². The molecule has 1 N–H and O–H groups in total. The van der Waals surface area contributed by atoms with E-state index in [1.54, 1.807) is 13.0 Å². The number of ether oxygens (including phenoxy) is 1. The van der Waals surface area contributed by atoms with Crippen LogP contribution < -0.4 is 10.1 Å². The lowest BCUT2D eigenvalue weighted by Crippen LogP contribution is -2.30. The van der Waals surface area contributed by atoms with Crippen molar-refractivity contribution in [2.24, 2.45) is 0 Å². The zero-order valence-electron chi connectivity index (χ0n) is 13.1. The summed E-state index contributed by atoms with van der Waals surface area (Å²) in [6.45, 7) is 7.43. The number of rotatable bonds is 8. The van der Waals surface area contributed by atoms with E-state index in [1.807, 2.05) is 24.3 Å². The van der Waals surface area contributed by atoms with Gasteiger partial charge in [-0.15, -0.1) is 16.8 Å². The van der Waals surface area contributed by atoms with Gasteiger partial charge >= 0.3 is 0 Å². The molecule has 0 spiro atoms. The van der Waals surface area contributed by atoms with Crippen molar-refractivity contribution in [2.75, 3.05) is 11.1 Å². The molecule has 122 valence electrons. The Labute approximate surface area is 144 Å². The van der Waals surface area contributed by atoms with Crippen LogP contribution in [0.5, 0.6) is 5.75 Å². The minimum absolute atomic E-state index is 0.243. The molecule has 0 saturated heterocycles. The molecule has 1 aromatic carbocycles.